The molecule has 0 radical (unpaired) electrons. The highest BCUT2D eigenvalue weighted by Gasteiger charge is 2.37. The van der Waals surface area contributed by atoms with E-state index in [4.69, 9.17) is 0 Å². The normalized spacial score (nSPS) is 19.2. The van der Waals surface area contributed by atoms with E-state index in [0.717, 1.165) is 0 Å². The van der Waals surface area contributed by atoms with E-state index in [9.17, 15) is 26.0 Å². The maximum Gasteiger partial charge on any atom is 0.255 e. The lowest BCUT2D eigenvalue weighted by atomic mass is 10.2. The van der Waals surface area contributed by atoms with Crippen molar-refractivity contribution in [2.45, 2.75) is 16.6 Å². The zero-order chi connectivity index (χ0) is 18.9. The van der Waals surface area contributed by atoms with E-state index >= 15 is 0 Å². The number of halogens is 1. The minimum Gasteiger partial charge on any atom is -0.322 e. The number of hydrogen-bond donors (Lipinski definition) is 1. The van der Waals surface area contributed by atoms with E-state index in [1.165, 1.54) is 48.5 Å². The Morgan fingerprint density at radius 3 is 2.19 bits per heavy atom. The van der Waals surface area contributed by atoms with Gasteiger partial charge < -0.3 is 5.32 Å². The van der Waals surface area contributed by atoms with Crippen molar-refractivity contribution in [2.75, 3.05) is 16.8 Å². The molecule has 1 atom stereocenters. The van der Waals surface area contributed by atoms with Gasteiger partial charge in [-0.05, 0) is 55.0 Å². The van der Waals surface area contributed by atoms with E-state index in [-0.39, 0.29) is 28.4 Å². The molecule has 138 valence electrons. The molecule has 0 aliphatic carbocycles. The molecule has 1 fully saturated rings. The van der Waals surface area contributed by atoms with E-state index in [1.54, 1.807) is 0 Å². The van der Waals surface area contributed by atoms with Crippen molar-refractivity contribution in [3.63, 3.8) is 0 Å². The summed E-state index contributed by atoms with van der Waals surface area (Å²) in [6.07, 6.45) is 0.0808. The lowest BCUT2D eigenvalue weighted by molar-refractivity contribution is 0.102. The van der Waals surface area contributed by atoms with Crippen LogP contribution in [-0.4, -0.2) is 39.5 Å². The van der Waals surface area contributed by atoms with Crippen molar-refractivity contribution in [1.82, 2.24) is 0 Å². The fourth-order valence-electron chi connectivity index (χ4n) is 2.73. The SMILES string of the molecule is O=C(Nc1ccc(F)cc1)c1ccc(S(=O)(=O)[C@H]2CCS(=O)(=O)C2)cc1. The zero-order valence-corrected chi connectivity index (χ0v) is 15.2. The van der Waals surface area contributed by atoms with Gasteiger partial charge in [0.25, 0.3) is 5.91 Å². The van der Waals surface area contributed by atoms with Crippen LogP contribution in [-0.2, 0) is 19.7 Å². The second-order valence-electron chi connectivity index (χ2n) is 6.06. The first kappa shape index (κ1) is 18.5. The van der Waals surface area contributed by atoms with Crippen molar-refractivity contribution < 1.29 is 26.0 Å². The van der Waals surface area contributed by atoms with E-state index in [0.29, 0.717) is 5.69 Å². The second kappa shape index (κ2) is 6.81. The molecular formula is C17H16FNO5S2. The molecule has 1 aliphatic rings. The first-order valence-electron chi connectivity index (χ1n) is 7.79. The van der Waals surface area contributed by atoms with Crippen molar-refractivity contribution >= 4 is 31.3 Å². The number of carbonyl (C=O) groups excluding carboxylic acids is 1. The van der Waals surface area contributed by atoms with Crippen molar-refractivity contribution in [2.24, 2.45) is 0 Å². The molecule has 1 saturated heterocycles. The summed E-state index contributed by atoms with van der Waals surface area (Å²) in [7, 11) is -7.08. The van der Waals surface area contributed by atoms with Gasteiger partial charge in [0, 0.05) is 11.3 Å². The summed E-state index contributed by atoms with van der Waals surface area (Å²) in [5.74, 6) is -1.40. The monoisotopic (exact) mass is 397 g/mol. The number of hydrogen-bond acceptors (Lipinski definition) is 5. The highest BCUT2D eigenvalue weighted by molar-refractivity contribution is 7.96. The Morgan fingerprint density at radius 1 is 1.04 bits per heavy atom. The van der Waals surface area contributed by atoms with Gasteiger partial charge in [0.15, 0.2) is 19.7 Å². The molecule has 26 heavy (non-hydrogen) atoms. The molecule has 1 N–H and O–H groups in total. The molecule has 3 rings (SSSR count). The summed E-state index contributed by atoms with van der Waals surface area (Å²) in [5.41, 5.74) is 0.636. The van der Waals surface area contributed by atoms with Crippen LogP contribution >= 0.6 is 0 Å². The largest absolute Gasteiger partial charge is 0.322 e. The van der Waals surface area contributed by atoms with Crippen LogP contribution in [0.2, 0.25) is 0 Å². The molecule has 0 spiro atoms. The van der Waals surface area contributed by atoms with Crippen LogP contribution in [0.1, 0.15) is 16.8 Å². The third-order valence-corrected chi connectivity index (χ3v) is 8.36. The molecule has 0 unspecified atom stereocenters. The topological polar surface area (TPSA) is 97.4 Å². The lowest BCUT2D eigenvalue weighted by Gasteiger charge is -2.11. The molecule has 2 aromatic rings. The van der Waals surface area contributed by atoms with Crippen LogP contribution in [0.5, 0.6) is 0 Å². The van der Waals surface area contributed by atoms with Crippen LogP contribution in [0.15, 0.2) is 53.4 Å². The Labute approximate surface area is 150 Å². The van der Waals surface area contributed by atoms with Crippen molar-refractivity contribution in [3.8, 4) is 0 Å². The van der Waals surface area contributed by atoms with Gasteiger partial charge in [-0.25, -0.2) is 21.2 Å². The lowest BCUT2D eigenvalue weighted by Crippen LogP contribution is -2.22. The average molecular weight is 397 g/mol. The van der Waals surface area contributed by atoms with E-state index < -0.39 is 36.6 Å². The predicted molar refractivity (Wildman–Crippen MR) is 95.0 cm³/mol. The summed E-state index contributed by atoms with van der Waals surface area (Å²) in [4.78, 5) is 12.2. The molecule has 0 saturated carbocycles. The summed E-state index contributed by atoms with van der Waals surface area (Å²) >= 11 is 0. The summed E-state index contributed by atoms with van der Waals surface area (Å²) in [5, 5.41) is 1.62. The summed E-state index contributed by atoms with van der Waals surface area (Å²) in [6, 6.07) is 10.5. The fraction of sp³-hybridized carbons (Fsp3) is 0.235. The fourth-order valence-corrected chi connectivity index (χ4v) is 7.09. The number of benzene rings is 2. The van der Waals surface area contributed by atoms with Gasteiger partial charge in [-0.2, -0.15) is 0 Å². The van der Waals surface area contributed by atoms with Gasteiger partial charge in [-0.15, -0.1) is 0 Å². The Hall–Kier alpha value is -2.26. The van der Waals surface area contributed by atoms with E-state index in [2.05, 4.69) is 5.32 Å². The number of amides is 1. The first-order valence-corrected chi connectivity index (χ1v) is 11.2. The van der Waals surface area contributed by atoms with Crippen LogP contribution in [0.25, 0.3) is 0 Å². The van der Waals surface area contributed by atoms with Crippen LogP contribution in [0.3, 0.4) is 0 Å². The highest BCUT2D eigenvalue weighted by atomic mass is 32.2. The minimum absolute atomic E-state index is 0.0158. The van der Waals surface area contributed by atoms with Crippen LogP contribution < -0.4 is 5.32 Å². The maximum atomic E-state index is 12.9. The average Bonchev–Trinajstić information content (AvgIpc) is 2.98. The van der Waals surface area contributed by atoms with Gasteiger partial charge >= 0.3 is 0 Å². The molecular weight excluding hydrogens is 381 g/mol. The molecule has 0 bridgehead atoms. The molecule has 9 heteroatoms. The standard InChI is InChI=1S/C17H16FNO5S2/c18-13-3-5-14(6-4-13)19-17(20)12-1-7-15(8-2-12)26(23,24)16-9-10-25(21,22)11-16/h1-8,16H,9-11H2,(H,19,20)/t16-/m0/s1. The minimum atomic E-state index is -3.77. The maximum absolute atomic E-state index is 12.9. The quantitative estimate of drug-likeness (QED) is 0.851. The Kier molecular flexibility index (Phi) is 4.85. The number of rotatable bonds is 4. The summed E-state index contributed by atoms with van der Waals surface area (Å²) < 4.78 is 61.0. The molecule has 0 aromatic heterocycles. The number of carbonyl (C=O) groups is 1. The van der Waals surface area contributed by atoms with Gasteiger partial charge in [0.1, 0.15) is 5.82 Å². The molecule has 6 nitrogen and oxygen atoms in total. The number of anilines is 1. The number of nitrogens with one attached hydrogen (secondary N) is 1. The molecule has 1 heterocycles. The van der Waals surface area contributed by atoms with Gasteiger partial charge in [0.05, 0.1) is 21.7 Å². The molecule has 1 aliphatic heterocycles. The Morgan fingerprint density at radius 2 is 1.65 bits per heavy atom. The smallest absolute Gasteiger partial charge is 0.255 e. The van der Waals surface area contributed by atoms with Gasteiger partial charge in [-0.3, -0.25) is 4.79 Å². The number of sulfone groups is 2. The Bertz CT molecular complexity index is 1030. The molecule has 2 aromatic carbocycles. The Balaban J connectivity index is 1.75. The highest BCUT2D eigenvalue weighted by Crippen LogP contribution is 2.25. The predicted octanol–water partition coefficient (Wildman–Crippen LogP) is 2.04. The first-order chi connectivity index (χ1) is 12.2. The third kappa shape index (κ3) is 3.94. The van der Waals surface area contributed by atoms with Gasteiger partial charge in [0.2, 0.25) is 0 Å². The third-order valence-electron chi connectivity index (χ3n) is 4.18. The van der Waals surface area contributed by atoms with Crippen LogP contribution in [0.4, 0.5) is 10.1 Å². The van der Waals surface area contributed by atoms with Crippen molar-refractivity contribution in [3.05, 3.63) is 59.9 Å². The molecule has 1 amide bonds. The van der Waals surface area contributed by atoms with Gasteiger partial charge in [-0.1, -0.05) is 0 Å². The second-order valence-corrected chi connectivity index (χ2v) is 10.5. The zero-order valence-electron chi connectivity index (χ0n) is 13.6. The summed E-state index contributed by atoms with van der Waals surface area (Å²) in [6.45, 7) is 0. The van der Waals surface area contributed by atoms with E-state index in [1.807, 2.05) is 0 Å². The van der Waals surface area contributed by atoms with Crippen molar-refractivity contribution in [1.29, 1.82) is 0 Å². The van der Waals surface area contributed by atoms with Crippen LogP contribution in [0, 0.1) is 5.82 Å².